The van der Waals surface area contributed by atoms with E-state index in [9.17, 15) is 26.7 Å². The van der Waals surface area contributed by atoms with Crippen molar-refractivity contribution in [3.05, 3.63) is 40.2 Å². The van der Waals surface area contributed by atoms with Gasteiger partial charge in [0.05, 0.1) is 18.4 Å². The van der Waals surface area contributed by atoms with Crippen molar-refractivity contribution in [3.8, 4) is 0 Å². The number of amides is 1. The fraction of sp³-hybridized carbons (Fsp3) is 0.591. The monoisotopic (exact) mass is 503 g/mol. The first-order chi connectivity index (χ1) is 16.1. The predicted octanol–water partition coefficient (Wildman–Crippen LogP) is 4.47. The maximum absolute atomic E-state index is 13.8. The Balaban J connectivity index is 1.44. The number of likely N-dealkylation sites (tertiary alicyclic amines) is 1. The van der Waals surface area contributed by atoms with Gasteiger partial charge in [-0.25, -0.2) is 13.8 Å². The molecule has 1 amide bonds. The van der Waals surface area contributed by atoms with Gasteiger partial charge in [0.1, 0.15) is 16.5 Å². The lowest BCUT2D eigenvalue weighted by molar-refractivity contribution is -0.141. The van der Waals surface area contributed by atoms with Gasteiger partial charge >= 0.3 is 6.18 Å². The Kier molecular flexibility index (Phi) is 7.36. The molecule has 2 aliphatic heterocycles. The maximum atomic E-state index is 13.8. The van der Waals surface area contributed by atoms with Crippen LogP contribution >= 0.6 is 11.3 Å². The standard InChI is InChI=1S/C22H26F5N5OS/c1-13-3-2-6-32(12-13)15-4-7-31(8-5-15)21-30-19(22(25,26)27)18(34-21)20(33)29-11-17-16(24)9-14(23)10-28-17/h9-10,13,15H,2-8,11-12H2,1H3,(H,29,33)/t13-/m1/s1. The molecule has 6 nitrogen and oxygen atoms in total. The number of aromatic nitrogens is 2. The van der Waals surface area contributed by atoms with Gasteiger partial charge in [-0.2, -0.15) is 13.2 Å². The van der Waals surface area contributed by atoms with Crippen LogP contribution in [0, 0.1) is 17.6 Å². The van der Waals surface area contributed by atoms with E-state index in [1.165, 1.54) is 12.8 Å². The average molecular weight is 504 g/mol. The summed E-state index contributed by atoms with van der Waals surface area (Å²) in [7, 11) is 0. The van der Waals surface area contributed by atoms with Crippen molar-refractivity contribution in [2.45, 2.75) is 51.4 Å². The van der Waals surface area contributed by atoms with Crippen LogP contribution in [0.15, 0.2) is 12.3 Å². The normalized spacial score (nSPS) is 20.5. The summed E-state index contributed by atoms with van der Waals surface area (Å²) in [5.41, 5.74) is -1.54. The van der Waals surface area contributed by atoms with Gasteiger partial charge in [-0.15, -0.1) is 0 Å². The molecule has 186 valence electrons. The zero-order valence-electron chi connectivity index (χ0n) is 18.7. The lowest BCUT2D eigenvalue weighted by atomic mass is 9.95. The average Bonchev–Trinajstić information content (AvgIpc) is 3.25. The summed E-state index contributed by atoms with van der Waals surface area (Å²) in [5.74, 6) is -2.26. The van der Waals surface area contributed by atoms with Crippen LogP contribution in [0.4, 0.5) is 27.1 Å². The molecule has 2 saturated heterocycles. The highest BCUT2D eigenvalue weighted by Gasteiger charge is 2.41. The number of carbonyl (C=O) groups excluding carboxylic acids is 1. The largest absolute Gasteiger partial charge is 0.435 e. The summed E-state index contributed by atoms with van der Waals surface area (Å²) in [4.78, 5) is 23.5. The third kappa shape index (κ3) is 5.65. The van der Waals surface area contributed by atoms with Crippen LogP contribution in [0.2, 0.25) is 0 Å². The number of nitrogens with one attached hydrogen (secondary N) is 1. The second kappa shape index (κ2) is 10.1. The van der Waals surface area contributed by atoms with Crippen molar-refractivity contribution in [1.82, 2.24) is 20.2 Å². The van der Waals surface area contributed by atoms with Crippen LogP contribution in [-0.2, 0) is 12.7 Å². The van der Waals surface area contributed by atoms with E-state index in [-0.39, 0.29) is 10.8 Å². The topological polar surface area (TPSA) is 61.4 Å². The number of piperidine rings is 2. The number of hydrogen-bond acceptors (Lipinski definition) is 6. The highest BCUT2D eigenvalue weighted by Crippen LogP contribution is 2.38. The summed E-state index contributed by atoms with van der Waals surface area (Å²) in [6, 6.07) is 0.996. The van der Waals surface area contributed by atoms with Crippen LogP contribution in [0.1, 0.15) is 53.7 Å². The molecule has 12 heteroatoms. The number of pyridine rings is 1. The number of alkyl halides is 3. The first kappa shape index (κ1) is 24.8. The summed E-state index contributed by atoms with van der Waals surface area (Å²) < 4.78 is 67.6. The summed E-state index contributed by atoms with van der Waals surface area (Å²) >= 11 is 0.675. The minimum Gasteiger partial charge on any atom is -0.348 e. The van der Waals surface area contributed by atoms with Crippen molar-refractivity contribution in [1.29, 1.82) is 0 Å². The molecule has 0 spiro atoms. The molecule has 4 rings (SSSR count). The van der Waals surface area contributed by atoms with Gasteiger partial charge in [-0.05, 0) is 38.1 Å². The smallest absolute Gasteiger partial charge is 0.348 e. The quantitative estimate of drug-likeness (QED) is 0.611. The molecule has 2 aliphatic rings. The van der Waals surface area contributed by atoms with Crippen molar-refractivity contribution in [2.75, 3.05) is 31.1 Å². The Morgan fingerprint density at radius 1 is 1.21 bits per heavy atom. The molecule has 0 bridgehead atoms. The predicted molar refractivity (Wildman–Crippen MR) is 118 cm³/mol. The van der Waals surface area contributed by atoms with E-state index < -0.39 is 40.8 Å². The fourth-order valence-electron chi connectivity index (χ4n) is 4.59. The lowest BCUT2D eigenvalue weighted by Crippen LogP contribution is -2.48. The van der Waals surface area contributed by atoms with Crippen LogP contribution in [-0.4, -0.2) is 53.0 Å². The van der Waals surface area contributed by atoms with Gasteiger partial charge in [0.15, 0.2) is 10.8 Å². The number of thiazole rings is 1. The van der Waals surface area contributed by atoms with E-state index in [0.717, 1.165) is 32.1 Å². The van der Waals surface area contributed by atoms with Gasteiger partial charge in [0.2, 0.25) is 0 Å². The lowest BCUT2D eigenvalue weighted by Gasteiger charge is -2.41. The third-order valence-electron chi connectivity index (χ3n) is 6.33. The van der Waals surface area contributed by atoms with Gasteiger partial charge in [-0.3, -0.25) is 14.7 Å². The number of hydrogen-bond donors (Lipinski definition) is 1. The van der Waals surface area contributed by atoms with Gasteiger partial charge in [0.25, 0.3) is 5.91 Å². The molecule has 0 radical (unpaired) electrons. The number of carbonyl (C=O) groups is 1. The minimum absolute atomic E-state index is 0.147. The molecule has 0 unspecified atom stereocenters. The number of anilines is 1. The zero-order chi connectivity index (χ0) is 24.5. The van der Waals surface area contributed by atoms with Crippen LogP contribution in [0.25, 0.3) is 0 Å². The number of nitrogens with zero attached hydrogens (tertiary/aromatic N) is 4. The Hall–Kier alpha value is -2.34. The van der Waals surface area contributed by atoms with E-state index in [1.807, 2.05) is 0 Å². The summed E-state index contributed by atoms with van der Waals surface area (Å²) in [6.07, 6.45) is -0.00880. The summed E-state index contributed by atoms with van der Waals surface area (Å²) in [6.45, 7) is 4.99. The minimum atomic E-state index is -4.82. The second-order valence-corrected chi connectivity index (χ2v) is 9.87. The Bertz CT molecular complexity index is 1020. The summed E-state index contributed by atoms with van der Waals surface area (Å²) in [5, 5.41) is 2.39. The molecule has 0 saturated carbocycles. The first-order valence-corrected chi connectivity index (χ1v) is 12.1. The Labute approximate surface area is 198 Å². The molecule has 0 aliphatic carbocycles. The van der Waals surface area contributed by atoms with Crippen LogP contribution in [0.3, 0.4) is 0 Å². The molecular formula is C22H26F5N5OS. The first-order valence-electron chi connectivity index (χ1n) is 11.3. The molecule has 0 aromatic carbocycles. The number of rotatable bonds is 5. The van der Waals surface area contributed by atoms with Gasteiger partial charge in [0, 0.05) is 31.7 Å². The highest BCUT2D eigenvalue weighted by atomic mass is 32.1. The van der Waals surface area contributed by atoms with Crippen molar-refractivity contribution in [2.24, 2.45) is 5.92 Å². The number of halogens is 5. The fourth-order valence-corrected chi connectivity index (χ4v) is 5.64. The molecule has 1 atom stereocenters. The molecule has 4 heterocycles. The molecule has 34 heavy (non-hydrogen) atoms. The second-order valence-electron chi connectivity index (χ2n) is 8.90. The van der Waals surface area contributed by atoms with Crippen molar-refractivity contribution in [3.63, 3.8) is 0 Å². The van der Waals surface area contributed by atoms with E-state index in [1.54, 1.807) is 4.90 Å². The highest BCUT2D eigenvalue weighted by molar-refractivity contribution is 7.17. The van der Waals surface area contributed by atoms with E-state index in [2.05, 4.69) is 27.1 Å². The van der Waals surface area contributed by atoms with Crippen LogP contribution < -0.4 is 10.2 Å². The van der Waals surface area contributed by atoms with Crippen LogP contribution in [0.5, 0.6) is 0 Å². The molecular weight excluding hydrogens is 477 g/mol. The van der Waals surface area contributed by atoms with Gasteiger partial charge < -0.3 is 10.2 Å². The Morgan fingerprint density at radius 3 is 2.59 bits per heavy atom. The molecule has 2 aromatic heterocycles. The maximum Gasteiger partial charge on any atom is 0.435 e. The zero-order valence-corrected chi connectivity index (χ0v) is 19.5. The molecule has 2 aromatic rings. The SMILES string of the molecule is C[C@@H]1CCCN(C2CCN(c3nc(C(F)(F)F)c(C(=O)NCc4ncc(F)cc4F)s3)CC2)C1. The van der Waals surface area contributed by atoms with E-state index >= 15 is 0 Å². The molecule has 2 fully saturated rings. The molecule has 1 N–H and O–H groups in total. The van der Waals surface area contributed by atoms with Crippen molar-refractivity contribution < 1.29 is 26.7 Å². The van der Waals surface area contributed by atoms with Crippen molar-refractivity contribution >= 4 is 22.4 Å². The van der Waals surface area contributed by atoms with Gasteiger partial charge in [-0.1, -0.05) is 18.3 Å². The third-order valence-corrected chi connectivity index (χ3v) is 7.45. The van der Waals surface area contributed by atoms with E-state index in [0.29, 0.717) is 42.5 Å². The Morgan fingerprint density at radius 2 is 1.94 bits per heavy atom. The van der Waals surface area contributed by atoms with E-state index in [4.69, 9.17) is 0 Å².